The molecule has 3 rings (SSSR count). The van der Waals surface area contributed by atoms with Gasteiger partial charge in [-0.3, -0.25) is 4.79 Å². The van der Waals surface area contributed by atoms with Crippen molar-refractivity contribution in [1.29, 1.82) is 0 Å². The molecule has 3 aliphatic rings. The van der Waals surface area contributed by atoms with Crippen LogP contribution in [0, 0.1) is 5.92 Å². The summed E-state index contributed by atoms with van der Waals surface area (Å²) < 4.78 is 10.3. The molecule has 0 aromatic heterocycles. The number of ether oxygens (including phenoxy) is 2. The van der Waals surface area contributed by atoms with E-state index in [-0.39, 0.29) is 30.2 Å². The molecule has 3 aliphatic heterocycles. The third kappa shape index (κ3) is 0.520. The molecule has 2 bridgehead atoms. The molecule has 5 atom stereocenters. The lowest BCUT2D eigenvalue weighted by atomic mass is 9.88. The average Bonchev–Trinajstić information content (AvgIpc) is 2.53. The average molecular weight is 156 g/mol. The number of hydrogen-bond donors (Lipinski definition) is 1. The van der Waals surface area contributed by atoms with Crippen LogP contribution in [-0.2, 0) is 14.3 Å². The first-order chi connectivity index (χ1) is 5.27. The zero-order valence-corrected chi connectivity index (χ0v) is 5.77. The molecular weight excluding hydrogens is 148 g/mol. The lowest BCUT2D eigenvalue weighted by Gasteiger charge is -2.15. The van der Waals surface area contributed by atoms with Gasteiger partial charge in [0.1, 0.15) is 12.2 Å². The Balaban J connectivity index is 2.04. The Labute approximate surface area is 63.1 Å². The van der Waals surface area contributed by atoms with Gasteiger partial charge in [-0.2, -0.15) is 0 Å². The van der Waals surface area contributed by atoms with Crippen LogP contribution in [0.2, 0.25) is 0 Å². The Hall–Kier alpha value is -0.610. The van der Waals surface area contributed by atoms with Crippen LogP contribution in [0.3, 0.4) is 0 Å². The van der Waals surface area contributed by atoms with E-state index in [1.165, 1.54) is 0 Å². The number of carbonyl (C=O) groups excluding carboxylic acids is 1. The predicted octanol–water partition coefficient (Wildman–Crippen LogP) is -0.940. The molecule has 3 heterocycles. The lowest BCUT2D eigenvalue weighted by molar-refractivity contribution is -0.145. The summed E-state index contributed by atoms with van der Waals surface area (Å²) in [4.78, 5) is 11.0. The van der Waals surface area contributed by atoms with Crippen molar-refractivity contribution in [3.8, 4) is 0 Å². The summed E-state index contributed by atoms with van der Waals surface area (Å²) in [6.45, 7) is 0. The molecule has 0 aromatic carbocycles. The van der Waals surface area contributed by atoms with Gasteiger partial charge in [-0.05, 0) is 6.42 Å². The maximum absolute atomic E-state index is 11.0. The number of esters is 1. The fourth-order valence-corrected chi connectivity index (χ4v) is 2.26. The molecule has 1 N–H and O–H groups in total. The van der Waals surface area contributed by atoms with E-state index >= 15 is 0 Å². The van der Waals surface area contributed by atoms with Crippen molar-refractivity contribution in [3.05, 3.63) is 0 Å². The Morgan fingerprint density at radius 3 is 2.91 bits per heavy atom. The lowest BCUT2D eigenvalue weighted by Crippen LogP contribution is -2.36. The van der Waals surface area contributed by atoms with Crippen molar-refractivity contribution in [1.82, 2.24) is 0 Å². The highest BCUT2D eigenvalue weighted by Gasteiger charge is 2.63. The van der Waals surface area contributed by atoms with Gasteiger partial charge >= 0.3 is 5.97 Å². The monoisotopic (exact) mass is 156 g/mol. The molecule has 60 valence electrons. The maximum atomic E-state index is 11.0. The van der Waals surface area contributed by atoms with Gasteiger partial charge in [0.2, 0.25) is 0 Å². The molecule has 3 fully saturated rings. The number of aliphatic hydroxyl groups excluding tert-OH is 1. The highest BCUT2D eigenvalue weighted by atomic mass is 16.6. The molecule has 0 aromatic rings. The Bertz CT molecular complexity index is 226. The van der Waals surface area contributed by atoms with Crippen molar-refractivity contribution in [3.63, 3.8) is 0 Å². The topological polar surface area (TPSA) is 55.8 Å². The first-order valence-corrected chi connectivity index (χ1v) is 3.81. The smallest absolute Gasteiger partial charge is 0.312 e. The minimum absolute atomic E-state index is 0.0894. The van der Waals surface area contributed by atoms with Gasteiger partial charge in [-0.15, -0.1) is 0 Å². The van der Waals surface area contributed by atoms with Gasteiger partial charge in [0, 0.05) is 0 Å². The normalized spacial score (nSPS) is 58.6. The van der Waals surface area contributed by atoms with Crippen LogP contribution < -0.4 is 0 Å². The second-order valence-electron chi connectivity index (χ2n) is 3.37. The highest BCUT2D eigenvalue weighted by Crippen LogP contribution is 2.45. The first-order valence-electron chi connectivity index (χ1n) is 3.81. The van der Waals surface area contributed by atoms with Gasteiger partial charge < -0.3 is 14.6 Å². The summed E-state index contributed by atoms with van der Waals surface area (Å²) in [5.74, 6) is -0.285. The van der Waals surface area contributed by atoms with Crippen LogP contribution in [-0.4, -0.2) is 35.5 Å². The van der Waals surface area contributed by atoms with Crippen LogP contribution >= 0.6 is 0 Å². The van der Waals surface area contributed by atoms with E-state index in [2.05, 4.69) is 0 Å². The largest absolute Gasteiger partial charge is 0.456 e. The summed E-state index contributed by atoms with van der Waals surface area (Å²) in [6.07, 6.45) is -0.612. The van der Waals surface area contributed by atoms with Crippen molar-refractivity contribution in [2.45, 2.75) is 30.8 Å². The molecular formula is C7H8O4. The molecule has 0 aliphatic carbocycles. The molecule has 0 radical (unpaired) electrons. The van der Waals surface area contributed by atoms with Crippen LogP contribution in [0.25, 0.3) is 0 Å². The van der Waals surface area contributed by atoms with E-state index < -0.39 is 6.10 Å². The first kappa shape index (κ1) is 5.97. The maximum Gasteiger partial charge on any atom is 0.312 e. The number of rotatable bonds is 0. The molecule has 3 saturated heterocycles. The summed E-state index contributed by atoms with van der Waals surface area (Å²) >= 11 is 0. The van der Waals surface area contributed by atoms with E-state index in [0.717, 1.165) is 0 Å². The molecule has 4 heteroatoms. The zero-order valence-electron chi connectivity index (χ0n) is 5.77. The summed E-state index contributed by atoms with van der Waals surface area (Å²) in [6, 6.07) is 0. The molecule has 0 spiro atoms. The van der Waals surface area contributed by atoms with Gasteiger partial charge in [-0.25, -0.2) is 0 Å². The quantitative estimate of drug-likeness (QED) is 0.460. The van der Waals surface area contributed by atoms with Crippen LogP contribution in [0.4, 0.5) is 0 Å². The molecule has 4 nitrogen and oxygen atoms in total. The minimum Gasteiger partial charge on any atom is -0.456 e. The number of aliphatic hydroxyl groups is 1. The van der Waals surface area contributed by atoms with Gasteiger partial charge in [-0.1, -0.05) is 0 Å². The van der Waals surface area contributed by atoms with Crippen molar-refractivity contribution in [2.24, 2.45) is 5.92 Å². The standard InChI is InChI=1S/C7H8O4/c8-4-3-1-2-5(10-3)6(4)11-7(2)9/h2-6,8H,1H2/t2-,3?,4?,5?,6?/m0/s1. The molecule has 0 amide bonds. The molecule has 0 saturated carbocycles. The van der Waals surface area contributed by atoms with E-state index in [1.54, 1.807) is 0 Å². The van der Waals surface area contributed by atoms with Crippen molar-refractivity contribution >= 4 is 5.97 Å². The predicted molar refractivity (Wildman–Crippen MR) is 32.7 cm³/mol. The van der Waals surface area contributed by atoms with Gasteiger partial charge in [0.05, 0.1) is 12.0 Å². The minimum atomic E-state index is -0.581. The summed E-state index contributed by atoms with van der Waals surface area (Å²) in [5.41, 5.74) is 0. The second kappa shape index (κ2) is 1.59. The van der Waals surface area contributed by atoms with Crippen LogP contribution in [0.5, 0.6) is 0 Å². The van der Waals surface area contributed by atoms with Gasteiger partial charge in [0.25, 0.3) is 0 Å². The fourth-order valence-electron chi connectivity index (χ4n) is 2.26. The number of carbonyl (C=O) groups is 1. The van der Waals surface area contributed by atoms with E-state index in [1.807, 2.05) is 0 Å². The van der Waals surface area contributed by atoms with E-state index in [9.17, 15) is 9.90 Å². The summed E-state index contributed by atoms with van der Waals surface area (Å²) in [7, 11) is 0. The molecule has 4 unspecified atom stereocenters. The third-order valence-electron chi connectivity index (χ3n) is 2.81. The second-order valence-corrected chi connectivity index (χ2v) is 3.37. The Morgan fingerprint density at radius 2 is 2.27 bits per heavy atom. The van der Waals surface area contributed by atoms with Crippen LogP contribution in [0.1, 0.15) is 6.42 Å². The van der Waals surface area contributed by atoms with Crippen molar-refractivity contribution in [2.75, 3.05) is 0 Å². The highest BCUT2D eigenvalue weighted by molar-refractivity contribution is 5.77. The Kier molecular flexibility index (Phi) is 0.863. The molecule has 11 heavy (non-hydrogen) atoms. The van der Waals surface area contributed by atoms with E-state index in [0.29, 0.717) is 6.42 Å². The van der Waals surface area contributed by atoms with E-state index in [4.69, 9.17) is 9.47 Å². The summed E-state index contributed by atoms with van der Waals surface area (Å²) in [5, 5.41) is 9.42. The Morgan fingerprint density at radius 1 is 1.45 bits per heavy atom. The van der Waals surface area contributed by atoms with Gasteiger partial charge in [0.15, 0.2) is 6.10 Å². The fraction of sp³-hybridized carbons (Fsp3) is 0.857. The third-order valence-corrected chi connectivity index (χ3v) is 2.81. The van der Waals surface area contributed by atoms with Crippen LogP contribution in [0.15, 0.2) is 0 Å². The number of fused-ring (bicyclic) bond motifs is 1. The van der Waals surface area contributed by atoms with Crippen molar-refractivity contribution < 1.29 is 19.4 Å². The number of hydrogen-bond acceptors (Lipinski definition) is 4. The zero-order chi connectivity index (χ0) is 7.59. The SMILES string of the molecule is O=C1OC2C(O)C3C[C@H]1C2O3.